The van der Waals surface area contributed by atoms with E-state index in [0.29, 0.717) is 28.7 Å². The molecule has 7 heteroatoms. The van der Waals surface area contributed by atoms with Crippen LogP contribution in [0.1, 0.15) is 52.5 Å². The maximum atomic E-state index is 12.4. The van der Waals surface area contributed by atoms with E-state index < -0.39 is 5.91 Å². The van der Waals surface area contributed by atoms with Gasteiger partial charge in [0.1, 0.15) is 5.00 Å². The van der Waals surface area contributed by atoms with Gasteiger partial charge in [-0.1, -0.05) is 13.0 Å². The summed E-state index contributed by atoms with van der Waals surface area (Å²) in [5.74, 6) is 0.488. The fourth-order valence-corrected chi connectivity index (χ4v) is 4.66. The van der Waals surface area contributed by atoms with Gasteiger partial charge in [-0.15, -0.1) is 11.3 Å². The molecule has 2 amide bonds. The molecule has 0 saturated heterocycles. The van der Waals surface area contributed by atoms with E-state index in [9.17, 15) is 9.59 Å². The van der Waals surface area contributed by atoms with E-state index in [2.05, 4.69) is 5.32 Å². The zero-order valence-corrected chi connectivity index (χ0v) is 17.6. The summed E-state index contributed by atoms with van der Waals surface area (Å²) in [6.45, 7) is 2.65. The molecule has 3 rings (SSSR count). The van der Waals surface area contributed by atoms with Crippen molar-refractivity contribution in [1.29, 1.82) is 0 Å². The lowest BCUT2D eigenvalue weighted by atomic mass is 9.95. The van der Waals surface area contributed by atoms with Crippen LogP contribution in [0.25, 0.3) is 6.08 Å². The Labute approximate surface area is 174 Å². The Morgan fingerprint density at radius 1 is 1.24 bits per heavy atom. The van der Waals surface area contributed by atoms with Gasteiger partial charge in [0.15, 0.2) is 11.5 Å². The number of benzene rings is 1. The van der Waals surface area contributed by atoms with Gasteiger partial charge in [-0.25, -0.2) is 0 Å². The first-order valence-electron chi connectivity index (χ1n) is 9.77. The second-order valence-corrected chi connectivity index (χ2v) is 7.97. The molecule has 1 aliphatic rings. The van der Waals surface area contributed by atoms with Crippen molar-refractivity contribution in [2.24, 2.45) is 5.73 Å². The molecule has 1 aliphatic carbocycles. The van der Waals surface area contributed by atoms with Crippen molar-refractivity contribution in [3.8, 4) is 11.5 Å². The molecule has 154 valence electrons. The van der Waals surface area contributed by atoms with Crippen molar-refractivity contribution >= 4 is 34.2 Å². The van der Waals surface area contributed by atoms with E-state index in [4.69, 9.17) is 15.2 Å². The van der Waals surface area contributed by atoms with Crippen molar-refractivity contribution < 1.29 is 19.1 Å². The lowest BCUT2D eigenvalue weighted by Gasteiger charge is -2.11. The fourth-order valence-electron chi connectivity index (χ4n) is 3.36. The molecule has 1 aromatic carbocycles. The Morgan fingerprint density at radius 2 is 2.03 bits per heavy atom. The van der Waals surface area contributed by atoms with Gasteiger partial charge >= 0.3 is 0 Å². The van der Waals surface area contributed by atoms with Crippen molar-refractivity contribution in [2.45, 2.75) is 39.0 Å². The SMILES string of the molecule is CCCOc1ccc(/C=C/C(=O)Nc2sc3c(c2C(N)=O)CCCC3)cc1OC. The zero-order valence-electron chi connectivity index (χ0n) is 16.7. The van der Waals surface area contributed by atoms with Crippen LogP contribution in [0, 0.1) is 0 Å². The number of thiophene rings is 1. The van der Waals surface area contributed by atoms with Gasteiger partial charge in [0.05, 0.1) is 19.3 Å². The third-order valence-corrected chi connectivity index (χ3v) is 5.94. The number of methoxy groups -OCH3 is 1. The van der Waals surface area contributed by atoms with Gasteiger partial charge in [0.2, 0.25) is 5.91 Å². The molecule has 0 atom stereocenters. The van der Waals surface area contributed by atoms with E-state index >= 15 is 0 Å². The Morgan fingerprint density at radius 3 is 2.76 bits per heavy atom. The Hall–Kier alpha value is -2.80. The molecule has 0 radical (unpaired) electrons. The summed E-state index contributed by atoms with van der Waals surface area (Å²) in [5, 5.41) is 3.36. The highest BCUT2D eigenvalue weighted by Gasteiger charge is 2.24. The molecule has 0 fully saturated rings. The molecule has 0 bridgehead atoms. The van der Waals surface area contributed by atoms with Gasteiger partial charge in [0.25, 0.3) is 5.91 Å². The first-order valence-corrected chi connectivity index (χ1v) is 10.6. The molecule has 2 aromatic rings. The van der Waals surface area contributed by atoms with Crippen LogP contribution in [-0.2, 0) is 17.6 Å². The number of nitrogens with one attached hydrogen (secondary N) is 1. The first-order chi connectivity index (χ1) is 14.0. The number of carbonyl (C=O) groups excluding carboxylic acids is 2. The number of ether oxygens (including phenoxy) is 2. The monoisotopic (exact) mass is 414 g/mol. The minimum atomic E-state index is -0.490. The molecule has 0 unspecified atom stereocenters. The van der Waals surface area contributed by atoms with Crippen LogP contribution < -0.4 is 20.5 Å². The predicted octanol–water partition coefficient (Wildman–Crippen LogP) is 4.18. The zero-order chi connectivity index (χ0) is 20.8. The Bertz CT molecular complexity index is 933. The lowest BCUT2D eigenvalue weighted by molar-refractivity contribution is -0.111. The molecule has 0 saturated carbocycles. The Kier molecular flexibility index (Phi) is 6.93. The predicted molar refractivity (Wildman–Crippen MR) is 116 cm³/mol. The Balaban J connectivity index is 1.73. The van der Waals surface area contributed by atoms with Gasteiger partial charge in [-0.3, -0.25) is 9.59 Å². The van der Waals surface area contributed by atoms with E-state index in [1.165, 1.54) is 17.4 Å². The number of anilines is 1. The summed E-state index contributed by atoms with van der Waals surface area (Å²) < 4.78 is 11.0. The van der Waals surface area contributed by atoms with E-state index in [-0.39, 0.29) is 5.91 Å². The average Bonchev–Trinajstić information content (AvgIpc) is 3.08. The summed E-state index contributed by atoms with van der Waals surface area (Å²) in [7, 11) is 1.58. The number of hydrogen-bond donors (Lipinski definition) is 2. The fraction of sp³-hybridized carbons (Fsp3) is 0.364. The molecular formula is C22H26N2O4S. The third kappa shape index (κ3) is 4.98. The van der Waals surface area contributed by atoms with E-state index in [1.54, 1.807) is 13.2 Å². The maximum Gasteiger partial charge on any atom is 0.251 e. The van der Waals surface area contributed by atoms with Gasteiger partial charge in [0, 0.05) is 11.0 Å². The number of rotatable bonds is 8. The van der Waals surface area contributed by atoms with Crippen LogP contribution in [0.3, 0.4) is 0 Å². The number of primary amides is 1. The highest BCUT2D eigenvalue weighted by molar-refractivity contribution is 7.17. The number of aryl methyl sites for hydroxylation is 1. The van der Waals surface area contributed by atoms with Crippen molar-refractivity contribution in [3.05, 3.63) is 45.8 Å². The summed E-state index contributed by atoms with van der Waals surface area (Å²) in [4.78, 5) is 25.5. The number of fused-ring (bicyclic) bond motifs is 1. The summed E-state index contributed by atoms with van der Waals surface area (Å²) in [6.07, 6.45) is 7.93. The van der Waals surface area contributed by atoms with Crippen molar-refractivity contribution in [2.75, 3.05) is 19.0 Å². The first kappa shape index (κ1) is 20.9. The van der Waals surface area contributed by atoms with E-state index in [1.807, 2.05) is 25.1 Å². The van der Waals surface area contributed by atoms with Crippen LogP contribution in [0.2, 0.25) is 0 Å². The summed E-state index contributed by atoms with van der Waals surface area (Å²) in [5.41, 5.74) is 7.85. The molecule has 1 aromatic heterocycles. The normalized spacial score (nSPS) is 13.2. The highest BCUT2D eigenvalue weighted by atomic mass is 32.1. The average molecular weight is 415 g/mol. The minimum absolute atomic E-state index is 0.309. The van der Waals surface area contributed by atoms with Crippen LogP contribution in [0.15, 0.2) is 24.3 Å². The van der Waals surface area contributed by atoms with Crippen LogP contribution in [-0.4, -0.2) is 25.5 Å². The number of carbonyl (C=O) groups is 2. The molecular weight excluding hydrogens is 388 g/mol. The second kappa shape index (κ2) is 9.60. The number of hydrogen-bond acceptors (Lipinski definition) is 5. The number of amides is 2. The molecule has 0 aliphatic heterocycles. The largest absolute Gasteiger partial charge is 0.493 e. The standard InChI is InChI=1S/C22H26N2O4S/c1-3-12-28-16-10-8-14(13-17(16)27-2)9-11-19(25)24-22-20(21(23)26)15-6-4-5-7-18(15)29-22/h8-11,13H,3-7,12H2,1-2H3,(H2,23,26)(H,24,25)/b11-9+. The van der Waals surface area contributed by atoms with Crippen LogP contribution >= 0.6 is 11.3 Å². The van der Waals surface area contributed by atoms with Gasteiger partial charge < -0.3 is 20.5 Å². The summed E-state index contributed by atoms with van der Waals surface area (Å²) in [6, 6.07) is 5.49. The van der Waals surface area contributed by atoms with E-state index in [0.717, 1.165) is 48.1 Å². The molecule has 29 heavy (non-hydrogen) atoms. The summed E-state index contributed by atoms with van der Waals surface area (Å²) >= 11 is 1.45. The van der Waals surface area contributed by atoms with Crippen molar-refractivity contribution in [1.82, 2.24) is 0 Å². The third-order valence-electron chi connectivity index (χ3n) is 4.73. The van der Waals surface area contributed by atoms with Gasteiger partial charge in [-0.05, 0) is 61.4 Å². The second-order valence-electron chi connectivity index (χ2n) is 6.86. The molecule has 1 heterocycles. The molecule has 6 nitrogen and oxygen atoms in total. The van der Waals surface area contributed by atoms with Crippen molar-refractivity contribution in [3.63, 3.8) is 0 Å². The maximum absolute atomic E-state index is 12.4. The highest BCUT2D eigenvalue weighted by Crippen LogP contribution is 2.38. The van der Waals surface area contributed by atoms with Crippen LogP contribution in [0.4, 0.5) is 5.00 Å². The minimum Gasteiger partial charge on any atom is -0.493 e. The molecule has 0 spiro atoms. The topological polar surface area (TPSA) is 90.6 Å². The van der Waals surface area contributed by atoms with Gasteiger partial charge in [-0.2, -0.15) is 0 Å². The molecule has 3 N–H and O–H groups in total. The number of nitrogens with two attached hydrogens (primary N) is 1. The van der Waals surface area contributed by atoms with Crippen LogP contribution in [0.5, 0.6) is 11.5 Å². The quantitative estimate of drug-likeness (QED) is 0.634. The lowest BCUT2D eigenvalue weighted by Crippen LogP contribution is -2.17. The smallest absolute Gasteiger partial charge is 0.251 e.